The molecule has 3 aliphatic rings. The Labute approximate surface area is 101 Å². The first-order chi connectivity index (χ1) is 8.11. The fourth-order valence-electron chi connectivity index (χ4n) is 3.48. The van der Waals surface area contributed by atoms with Gasteiger partial charge in [-0.25, -0.2) is 0 Å². The minimum atomic E-state index is -0.177. The van der Waals surface area contributed by atoms with Gasteiger partial charge in [0.25, 0.3) is 0 Å². The van der Waals surface area contributed by atoms with Crippen molar-refractivity contribution in [3.63, 3.8) is 0 Å². The minimum Gasteiger partial charge on any atom is -0.458 e. The molecular weight excluding hydrogens is 220 g/mol. The summed E-state index contributed by atoms with van der Waals surface area (Å²) in [6.45, 7) is 3.84. The Bertz CT molecular complexity index is 364. The van der Waals surface area contributed by atoms with Crippen LogP contribution in [0.4, 0.5) is 0 Å². The lowest BCUT2D eigenvalue weighted by Gasteiger charge is -2.26. The second-order valence-electron chi connectivity index (χ2n) is 5.61. The van der Waals surface area contributed by atoms with Crippen molar-refractivity contribution in [3.05, 3.63) is 0 Å². The predicted molar refractivity (Wildman–Crippen MR) is 58.9 cm³/mol. The molecular formula is C13H18O4. The molecule has 1 heterocycles. The first kappa shape index (κ1) is 11.1. The van der Waals surface area contributed by atoms with Crippen LogP contribution in [0.3, 0.4) is 0 Å². The van der Waals surface area contributed by atoms with E-state index in [1.54, 1.807) is 0 Å². The Balaban J connectivity index is 1.70. The Hall–Kier alpha value is -1.06. The third kappa shape index (κ3) is 1.49. The fourth-order valence-corrected chi connectivity index (χ4v) is 3.48. The summed E-state index contributed by atoms with van der Waals surface area (Å²) in [6.07, 6.45) is 2.29. The van der Waals surface area contributed by atoms with Crippen molar-refractivity contribution in [1.29, 1.82) is 0 Å². The summed E-state index contributed by atoms with van der Waals surface area (Å²) in [4.78, 5) is 23.4. The van der Waals surface area contributed by atoms with E-state index in [-0.39, 0.29) is 36.0 Å². The molecule has 4 heteroatoms. The summed E-state index contributed by atoms with van der Waals surface area (Å²) < 4.78 is 10.9. The lowest BCUT2D eigenvalue weighted by molar-refractivity contribution is -0.165. The summed E-state index contributed by atoms with van der Waals surface area (Å²) in [5, 5.41) is 0. The van der Waals surface area contributed by atoms with Crippen molar-refractivity contribution >= 4 is 11.9 Å². The Morgan fingerprint density at radius 1 is 1.53 bits per heavy atom. The molecule has 3 rings (SSSR count). The smallest absolute Gasteiger partial charge is 0.309 e. The molecule has 2 saturated carbocycles. The first-order valence-electron chi connectivity index (χ1n) is 6.52. The maximum Gasteiger partial charge on any atom is 0.309 e. The first-order valence-corrected chi connectivity index (χ1v) is 6.52. The van der Waals surface area contributed by atoms with E-state index >= 15 is 0 Å². The van der Waals surface area contributed by atoms with E-state index in [0.29, 0.717) is 11.8 Å². The van der Waals surface area contributed by atoms with Gasteiger partial charge in [-0.05, 0) is 19.3 Å². The number of carbonyl (C=O) groups is 2. The third-order valence-corrected chi connectivity index (χ3v) is 4.68. The molecule has 2 bridgehead atoms. The van der Waals surface area contributed by atoms with Crippen molar-refractivity contribution in [2.75, 3.05) is 0 Å². The van der Waals surface area contributed by atoms with Crippen molar-refractivity contribution in [3.8, 4) is 0 Å². The highest BCUT2D eigenvalue weighted by Gasteiger charge is 2.63. The zero-order chi connectivity index (χ0) is 12.2. The van der Waals surface area contributed by atoms with Crippen LogP contribution in [-0.2, 0) is 19.1 Å². The van der Waals surface area contributed by atoms with E-state index in [4.69, 9.17) is 9.47 Å². The largest absolute Gasteiger partial charge is 0.458 e. The molecule has 0 amide bonds. The molecule has 17 heavy (non-hydrogen) atoms. The maximum atomic E-state index is 11.8. The summed E-state index contributed by atoms with van der Waals surface area (Å²) in [5.41, 5.74) is 0. The lowest BCUT2D eigenvalue weighted by Crippen LogP contribution is -2.37. The maximum absolute atomic E-state index is 11.8. The molecule has 0 aromatic rings. The molecule has 1 aliphatic heterocycles. The number of rotatable bonds is 3. The van der Waals surface area contributed by atoms with Gasteiger partial charge in [0.1, 0.15) is 12.2 Å². The second kappa shape index (κ2) is 3.72. The topological polar surface area (TPSA) is 52.6 Å². The van der Waals surface area contributed by atoms with Gasteiger partial charge >= 0.3 is 11.9 Å². The third-order valence-electron chi connectivity index (χ3n) is 4.68. The van der Waals surface area contributed by atoms with Crippen LogP contribution in [0.1, 0.15) is 33.1 Å². The van der Waals surface area contributed by atoms with E-state index in [1.807, 2.05) is 13.8 Å². The minimum absolute atomic E-state index is 0.0676. The molecule has 94 valence electrons. The van der Waals surface area contributed by atoms with Crippen molar-refractivity contribution < 1.29 is 19.1 Å². The van der Waals surface area contributed by atoms with Gasteiger partial charge in [0.05, 0.1) is 11.8 Å². The van der Waals surface area contributed by atoms with E-state index in [1.165, 1.54) is 0 Å². The zero-order valence-corrected chi connectivity index (χ0v) is 10.2. The van der Waals surface area contributed by atoms with Crippen LogP contribution in [0, 0.1) is 23.7 Å². The van der Waals surface area contributed by atoms with Crippen LogP contribution in [0.5, 0.6) is 0 Å². The van der Waals surface area contributed by atoms with Crippen LogP contribution in [0.15, 0.2) is 0 Å². The van der Waals surface area contributed by atoms with E-state index in [2.05, 4.69) is 0 Å². The number of hydrogen-bond acceptors (Lipinski definition) is 4. The van der Waals surface area contributed by atoms with Gasteiger partial charge in [0, 0.05) is 11.8 Å². The number of hydrogen-bond donors (Lipinski definition) is 0. The van der Waals surface area contributed by atoms with Crippen molar-refractivity contribution in [1.82, 2.24) is 0 Å². The van der Waals surface area contributed by atoms with E-state index < -0.39 is 0 Å². The Morgan fingerprint density at radius 2 is 2.29 bits per heavy atom. The zero-order valence-electron chi connectivity index (χ0n) is 10.2. The summed E-state index contributed by atoms with van der Waals surface area (Å²) in [6, 6.07) is 0. The van der Waals surface area contributed by atoms with Crippen molar-refractivity contribution in [2.45, 2.75) is 45.3 Å². The number of ether oxygens (including phenoxy) is 2. The molecule has 1 saturated heterocycles. The Kier molecular flexibility index (Phi) is 2.42. The molecule has 6 unspecified atom stereocenters. The summed E-state index contributed by atoms with van der Waals surface area (Å²) in [7, 11) is 0. The average Bonchev–Trinajstić information content (AvgIpc) is 2.92. The molecule has 4 nitrogen and oxygen atoms in total. The van der Waals surface area contributed by atoms with Crippen LogP contribution in [0.25, 0.3) is 0 Å². The van der Waals surface area contributed by atoms with Gasteiger partial charge in [-0.2, -0.15) is 0 Å². The average molecular weight is 238 g/mol. The normalized spacial score (nSPS) is 43.6. The fraction of sp³-hybridized carbons (Fsp3) is 0.846. The molecule has 3 fully saturated rings. The highest BCUT2D eigenvalue weighted by molar-refractivity contribution is 5.77. The van der Waals surface area contributed by atoms with Gasteiger partial charge in [0.2, 0.25) is 0 Å². The number of fused-ring (bicyclic) bond motifs is 1. The molecule has 0 spiro atoms. The quantitative estimate of drug-likeness (QED) is 0.700. The predicted octanol–water partition coefficient (Wildman–Crippen LogP) is 1.53. The van der Waals surface area contributed by atoms with Gasteiger partial charge in [-0.1, -0.05) is 13.8 Å². The standard InChI is InChI=1S/C13H18O4/c1-3-6(2)12(14)16-10-7-4-8-9(5-7)13(15)17-11(8)10/h6-11H,3-5H2,1-2H3. The second-order valence-corrected chi connectivity index (χ2v) is 5.61. The highest BCUT2D eigenvalue weighted by atomic mass is 16.6. The van der Waals surface area contributed by atoms with Crippen LogP contribution in [-0.4, -0.2) is 24.1 Å². The van der Waals surface area contributed by atoms with Gasteiger partial charge < -0.3 is 9.47 Å². The number of esters is 2. The molecule has 0 aromatic heterocycles. The van der Waals surface area contributed by atoms with Gasteiger partial charge in [-0.3, -0.25) is 9.59 Å². The molecule has 0 aromatic carbocycles. The van der Waals surface area contributed by atoms with E-state index in [0.717, 1.165) is 19.3 Å². The lowest BCUT2D eigenvalue weighted by atomic mass is 9.88. The van der Waals surface area contributed by atoms with Crippen LogP contribution >= 0.6 is 0 Å². The molecule has 6 atom stereocenters. The Morgan fingerprint density at radius 3 is 3.00 bits per heavy atom. The van der Waals surface area contributed by atoms with Gasteiger partial charge in [-0.15, -0.1) is 0 Å². The van der Waals surface area contributed by atoms with Crippen molar-refractivity contribution in [2.24, 2.45) is 23.7 Å². The SMILES string of the molecule is CCC(C)C(=O)OC1C2CC3C(=O)OC1C3C2. The number of carbonyl (C=O) groups excluding carboxylic acids is 2. The van der Waals surface area contributed by atoms with E-state index in [9.17, 15) is 9.59 Å². The molecule has 0 radical (unpaired) electrons. The molecule has 2 aliphatic carbocycles. The van der Waals surface area contributed by atoms with Crippen LogP contribution in [0.2, 0.25) is 0 Å². The van der Waals surface area contributed by atoms with Crippen LogP contribution < -0.4 is 0 Å². The highest BCUT2D eigenvalue weighted by Crippen LogP contribution is 2.55. The summed E-state index contributed by atoms with van der Waals surface area (Å²) in [5.74, 6) is 0.441. The summed E-state index contributed by atoms with van der Waals surface area (Å²) >= 11 is 0. The monoisotopic (exact) mass is 238 g/mol. The molecule has 0 N–H and O–H groups in total. The van der Waals surface area contributed by atoms with Gasteiger partial charge in [0.15, 0.2) is 0 Å².